The monoisotopic (exact) mass is 367 g/mol. The van der Waals surface area contributed by atoms with Crippen LogP contribution in [0.4, 0.5) is 0 Å². The summed E-state index contributed by atoms with van der Waals surface area (Å²) in [5.41, 5.74) is 2.15. The zero-order chi connectivity index (χ0) is 18.3. The van der Waals surface area contributed by atoms with Gasteiger partial charge in [0.1, 0.15) is 0 Å². The van der Waals surface area contributed by atoms with Gasteiger partial charge in [-0.2, -0.15) is 0 Å². The van der Waals surface area contributed by atoms with Gasteiger partial charge >= 0.3 is 0 Å². The molecule has 1 aliphatic heterocycles. The van der Waals surface area contributed by atoms with Gasteiger partial charge in [0.25, 0.3) is 5.91 Å². The van der Waals surface area contributed by atoms with Gasteiger partial charge in [0, 0.05) is 6.04 Å². The number of ketones is 1. The van der Waals surface area contributed by atoms with Crippen molar-refractivity contribution in [3.8, 4) is 0 Å². The maximum Gasteiger partial charge on any atom is 0.290 e. The quantitative estimate of drug-likeness (QED) is 0.805. The summed E-state index contributed by atoms with van der Waals surface area (Å²) >= 11 is 1.33. The number of nitrogens with zero attached hydrogens (tertiary/aromatic N) is 1. The molecule has 2 aromatic rings. The summed E-state index contributed by atoms with van der Waals surface area (Å²) < 4.78 is 0. The van der Waals surface area contributed by atoms with E-state index in [0.717, 1.165) is 36.8 Å². The van der Waals surface area contributed by atoms with E-state index in [4.69, 9.17) is 0 Å². The Labute approximate surface area is 156 Å². The molecular formula is C21H21NO3S. The molecule has 0 bridgehead atoms. The van der Waals surface area contributed by atoms with Gasteiger partial charge in [0.2, 0.25) is 5.78 Å². The number of aliphatic hydroxyl groups is 1. The van der Waals surface area contributed by atoms with E-state index in [1.807, 2.05) is 42.6 Å². The topological polar surface area (TPSA) is 57.6 Å². The molecule has 1 saturated carbocycles. The number of carbonyl (C=O) groups excluding carboxylic acids is 2. The van der Waals surface area contributed by atoms with Crippen molar-refractivity contribution in [2.24, 2.45) is 0 Å². The number of carbonyl (C=O) groups is 2. The van der Waals surface area contributed by atoms with Crippen LogP contribution in [0.2, 0.25) is 0 Å². The maximum atomic E-state index is 13.1. The Balaban J connectivity index is 1.85. The summed E-state index contributed by atoms with van der Waals surface area (Å²) in [4.78, 5) is 28.4. The Morgan fingerprint density at radius 1 is 1.15 bits per heavy atom. The summed E-state index contributed by atoms with van der Waals surface area (Å²) in [5, 5.41) is 12.5. The summed E-state index contributed by atoms with van der Waals surface area (Å²) in [7, 11) is 0. The third-order valence-corrected chi connectivity index (χ3v) is 6.30. The van der Waals surface area contributed by atoms with Crippen LogP contribution in [0.1, 0.15) is 52.5 Å². The fourth-order valence-corrected chi connectivity index (χ4v) is 4.83. The average molecular weight is 367 g/mol. The van der Waals surface area contributed by atoms with Gasteiger partial charge in [-0.3, -0.25) is 9.59 Å². The number of amides is 1. The van der Waals surface area contributed by atoms with Crippen LogP contribution < -0.4 is 0 Å². The molecule has 1 N–H and O–H groups in total. The first-order valence-corrected chi connectivity index (χ1v) is 9.87. The minimum absolute atomic E-state index is 0.0721. The maximum absolute atomic E-state index is 13.1. The second-order valence-electron chi connectivity index (χ2n) is 6.98. The lowest BCUT2D eigenvalue weighted by Gasteiger charge is -2.32. The zero-order valence-electron chi connectivity index (χ0n) is 14.6. The summed E-state index contributed by atoms with van der Waals surface area (Å²) in [5.74, 6) is -1.05. The number of hydrogen-bond acceptors (Lipinski definition) is 4. The zero-order valence-corrected chi connectivity index (χ0v) is 15.5. The van der Waals surface area contributed by atoms with E-state index < -0.39 is 11.9 Å². The molecule has 26 heavy (non-hydrogen) atoms. The van der Waals surface area contributed by atoms with Crippen LogP contribution in [0.3, 0.4) is 0 Å². The molecule has 2 heterocycles. The van der Waals surface area contributed by atoms with E-state index in [0.29, 0.717) is 4.88 Å². The molecule has 5 heteroatoms. The highest BCUT2D eigenvalue weighted by Crippen LogP contribution is 2.44. The van der Waals surface area contributed by atoms with Gasteiger partial charge in [0.15, 0.2) is 5.76 Å². The Bertz CT molecular complexity index is 878. The van der Waals surface area contributed by atoms with Crippen LogP contribution >= 0.6 is 11.3 Å². The highest BCUT2D eigenvalue weighted by atomic mass is 32.1. The number of Topliss-reactive ketones (excluding diaryl/α,β-unsaturated/α-hetero) is 1. The van der Waals surface area contributed by atoms with Gasteiger partial charge in [-0.25, -0.2) is 0 Å². The lowest BCUT2D eigenvalue weighted by molar-refractivity contribution is -0.131. The Kier molecular flexibility index (Phi) is 4.41. The molecule has 1 amide bonds. The first-order valence-electron chi connectivity index (χ1n) is 8.99. The molecule has 1 aliphatic carbocycles. The Hall–Kier alpha value is -2.40. The predicted octanol–water partition coefficient (Wildman–Crippen LogP) is 4.58. The van der Waals surface area contributed by atoms with Gasteiger partial charge in [0.05, 0.1) is 16.5 Å². The third kappa shape index (κ3) is 2.67. The van der Waals surface area contributed by atoms with E-state index in [1.54, 1.807) is 11.0 Å². The highest BCUT2D eigenvalue weighted by Gasteiger charge is 2.47. The lowest BCUT2D eigenvalue weighted by atomic mass is 9.91. The fraction of sp³-hybridized carbons (Fsp3) is 0.333. The van der Waals surface area contributed by atoms with E-state index >= 15 is 0 Å². The van der Waals surface area contributed by atoms with Crippen molar-refractivity contribution in [1.29, 1.82) is 0 Å². The molecule has 1 aromatic carbocycles. The third-order valence-electron chi connectivity index (χ3n) is 5.43. The van der Waals surface area contributed by atoms with E-state index in [2.05, 4.69) is 0 Å². The van der Waals surface area contributed by atoms with E-state index in [-0.39, 0.29) is 23.2 Å². The number of aryl methyl sites for hydroxylation is 1. The molecule has 0 radical (unpaired) electrons. The van der Waals surface area contributed by atoms with Crippen molar-refractivity contribution in [2.45, 2.75) is 44.7 Å². The van der Waals surface area contributed by atoms with Crippen LogP contribution in [0.25, 0.3) is 0 Å². The molecule has 1 aromatic heterocycles. The van der Waals surface area contributed by atoms with Crippen LogP contribution in [-0.4, -0.2) is 27.7 Å². The number of benzene rings is 1. The van der Waals surface area contributed by atoms with Crippen molar-refractivity contribution >= 4 is 23.0 Å². The average Bonchev–Trinajstić information content (AvgIpc) is 3.37. The van der Waals surface area contributed by atoms with Crippen LogP contribution in [0.5, 0.6) is 0 Å². The van der Waals surface area contributed by atoms with Gasteiger partial charge in [-0.1, -0.05) is 43.2 Å². The smallest absolute Gasteiger partial charge is 0.290 e. The normalized spacial score (nSPS) is 21.0. The molecule has 1 unspecified atom stereocenters. The van der Waals surface area contributed by atoms with Crippen molar-refractivity contribution in [3.63, 3.8) is 0 Å². The second-order valence-corrected chi connectivity index (χ2v) is 7.93. The van der Waals surface area contributed by atoms with Crippen LogP contribution in [0, 0.1) is 6.92 Å². The van der Waals surface area contributed by atoms with Crippen LogP contribution in [0.15, 0.2) is 53.1 Å². The Morgan fingerprint density at radius 2 is 1.88 bits per heavy atom. The van der Waals surface area contributed by atoms with Crippen molar-refractivity contribution in [1.82, 2.24) is 4.90 Å². The molecule has 1 atom stereocenters. The minimum Gasteiger partial charge on any atom is -0.503 e. The molecule has 4 rings (SSSR count). The fourth-order valence-electron chi connectivity index (χ4n) is 4.15. The van der Waals surface area contributed by atoms with E-state index in [1.165, 1.54) is 11.3 Å². The Morgan fingerprint density at radius 3 is 2.54 bits per heavy atom. The molecule has 134 valence electrons. The predicted molar refractivity (Wildman–Crippen MR) is 101 cm³/mol. The number of hydrogen-bond donors (Lipinski definition) is 1. The summed E-state index contributed by atoms with van der Waals surface area (Å²) in [6.07, 6.45) is 3.98. The molecule has 4 nitrogen and oxygen atoms in total. The van der Waals surface area contributed by atoms with Crippen molar-refractivity contribution < 1.29 is 14.7 Å². The van der Waals surface area contributed by atoms with Gasteiger partial charge in [-0.05, 0) is 42.3 Å². The summed E-state index contributed by atoms with van der Waals surface area (Å²) in [6, 6.07) is 10.9. The van der Waals surface area contributed by atoms with E-state index in [9.17, 15) is 14.7 Å². The molecule has 1 fully saturated rings. The second kappa shape index (κ2) is 6.72. The SMILES string of the molecule is Cc1ccccc1C1C(C(=O)c2cccs2)=C(O)C(=O)N1C1CCCC1. The molecular weight excluding hydrogens is 346 g/mol. The standard InChI is InChI=1S/C21H21NO3S/c1-13-7-2-5-10-15(13)18-17(19(23)16-11-6-12-26-16)20(24)21(25)22(18)14-8-3-4-9-14/h2,5-7,10-12,14,18,24H,3-4,8-9H2,1H3. The minimum atomic E-state index is -0.513. The first kappa shape index (κ1) is 17.0. The van der Waals surface area contributed by atoms with Crippen LogP contribution in [-0.2, 0) is 4.79 Å². The summed E-state index contributed by atoms with van der Waals surface area (Å²) in [6.45, 7) is 1.98. The van der Waals surface area contributed by atoms with Crippen molar-refractivity contribution in [3.05, 3.63) is 69.1 Å². The van der Waals surface area contributed by atoms with Crippen molar-refractivity contribution in [2.75, 3.05) is 0 Å². The largest absolute Gasteiger partial charge is 0.503 e. The number of aliphatic hydroxyl groups excluding tert-OH is 1. The highest BCUT2D eigenvalue weighted by molar-refractivity contribution is 7.12. The van der Waals surface area contributed by atoms with Gasteiger partial charge in [-0.15, -0.1) is 11.3 Å². The van der Waals surface area contributed by atoms with Gasteiger partial charge < -0.3 is 10.0 Å². The number of rotatable bonds is 4. The molecule has 2 aliphatic rings. The molecule has 0 spiro atoms. The molecule has 0 saturated heterocycles. The first-order chi connectivity index (χ1) is 12.6. The number of thiophene rings is 1. The lowest BCUT2D eigenvalue weighted by Crippen LogP contribution is -2.39.